The van der Waals surface area contributed by atoms with Crippen LogP contribution in [0.2, 0.25) is 0 Å². The zero-order valence-electron chi connectivity index (χ0n) is 10.2. The van der Waals surface area contributed by atoms with Crippen LogP contribution < -0.4 is 5.32 Å². The average molecular weight is 234 g/mol. The number of ether oxygens (including phenoxy) is 1. The number of carbonyl (C=O) groups excluding carboxylic acids is 1. The van der Waals surface area contributed by atoms with Gasteiger partial charge in [-0.1, -0.05) is 19.2 Å². The van der Waals surface area contributed by atoms with E-state index in [9.17, 15) is 4.79 Å². The highest BCUT2D eigenvalue weighted by molar-refractivity contribution is 5.74. The summed E-state index contributed by atoms with van der Waals surface area (Å²) < 4.78 is 5.55. The molecule has 0 aromatic rings. The molecular formula is C13H18N2O2. The Labute approximate surface area is 102 Å². The van der Waals surface area contributed by atoms with Crippen LogP contribution in [0.5, 0.6) is 0 Å². The molecule has 1 saturated heterocycles. The normalized spacial score (nSPS) is 24.2. The van der Waals surface area contributed by atoms with Crippen LogP contribution in [0.3, 0.4) is 0 Å². The highest BCUT2D eigenvalue weighted by Crippen LogP contribution is 2.37. The van der Waals surface area contributed by atoms with Crippen molar-refractivity contribution in [3.8, 4) is 0 Å². The molecule has 1 amide bonds. The van der Waals surface area contributed by atoms with Crippen molar-refractivity contribution in [3.05, 3.63) is 36.6 Å². The van der Waals surface area contributed by atoms with Crippen LogP contribution in [0.15, 0.2) is 36.6 Å². The lowest BCUT2D eigenvalue weighted by molar-refractivity contribution is -0.00812. The van der Waals surface area contributed by atoms with E-state index >= 15 is 0 Å². The summed E-state index contributed by atoms with van der Waals surface area (Å²) in [5, 5.41) is 2.67. The predicted octanol–water partition coefficient (Wildman–Crippen LogP) is 1.82. The Balaban J connectivity index is 2.39. The molecule has 2 rings (SSSR count). The molecule has 0 saturated carbocycles. The van der Waals surface area contributed by atoms with Gasteiger partial charge in [-0.25, -0.2) is 4.79 Å². The van der Waals surface area contributed by atoms with Crippen molar-refractivity contribution in [2.45, 2.75) is 18.4 Å². The highest BCUT2D eigenvalue weighted by atomic mass is 16.6. The molecule has 0 radical (unpaired) electrons. The maximum atomic E-state index is 11.6. The first-order valence-corrected chi connectivity index (χ1v) is 5.79. The summed E-state index contributed by atoms with van der Waals surface area (Å²) >= 11 is 0. The number of nitrogens with one attached hydrogen (secondary N) is 1. The Hall–Kier alpha value is -1.55. The number of nitrogens with zero attached hydrogens (tertiary/aromatic N) is 1. The summed E-state index contributed by atoms with van der Waals surface area (Å²) in [5.41, 5.74) is 1.15. The Kier molecular flexibility index (Phi) is 3.07. The van der Waals surface area contributed by atoms with Crippen LogP contribution in [-0.2, 0) is 4.74 Å². The smallest absolute Gasteiger partial charge is 0.412 e. The van der Waals surface area contributed by atoms with E-state index in [-0.39, 0.29) is 0 Å². The van der Waals surface area contributed by atoms with Gasteiger partial charge in [-0.2, -0.15) is 0 Å². The molecule has 0 aliphatic carbocycles. The van der Waals surface area contributed by atoms with Gasteiger partial charge in [0.15, 0.2) is 0 Å². The minimum atomic E-state index is -0.514. The van der Waals surface area contributed by atoms with Gasteiger partial charge in [0.1, 0.15) is 5.60 Å². The SMILES string of the molecule is C=CC1=C(C=C)C2(CCN(C)CC2)OC(=O)N1. The van der Waals surface area contributed by atoms with Crippen LogP contribution in [0.25, 0.3) is 0 Å². The highest BCUT2D eigenvalue weighted by Gasteiger charge is 2.43. The molecule has 2 aliphatic rings. The molecule has 0 aromatic carbocycles. The Morgan fingerprint density at radius 2 is 2.00 bits per heavy atom. The first-order valence-electron chi connectivity index (χ1n) is 5.79. The number of hydrogen-bond donors (Lipinski definition) is 1. The molecule has 92 valence electrons. The third-order valence-electron chi connectivity index (χ3n) is 3.51. The van der Waals surface area contributed by atoms with Crippen LogP contribution >= 0.6 is 0 Å². The Bertz CT molecular complexity index is 390. The molecule has 2 aliphatic heterocycles. The average Bonchev–Trinajstić information content (AvgIpc) is 2.32. The number of likely N-dealkylation sites (tertiary alicyclic amines) is 1. The fourth-order valence-corrected chi connectivity index (χ4v) is 2.49. The van der Waals surface area contributed by atoms with E-state index in [1.165, 1.54) is 0 Å². The van der Waals surface area contributed by atoms with E-state index in [1.807, 2.05) is 0 Å². The third kappa shape index (κ3) is 2.00. The van der Waals surface area contributed by atoms with Crippen LogP contribution in [-0.4, -0.2) is 36.7 Å². The summed E-state index contributed by atoms with van der Waals surface area (Å²) in [6, 6.07) is 0. The van der Waals surface area contributed by atoms with E-state index in [4.69, 9.17) is 4.74 Å². The van der Waals surface area contributed by atoms with Gasteiger partial charge >= 0.3 is 6.09 Å². The zero-order valence-corrected chi connectivity index (χ0v) is 10.2. The predicted molar refractivity (Wildman–Crippen MR) is 66.5 cm³/mol. The largest absolute Gasteiger partial charge is 0.438 e. The number of alkyl carbamates (subject to hydrolysis) is 1. The summed E-state index contributed by atoms with van der Waals surface area (Å²) in [7, 11) is 2.07. The quantitative estimate of drug-likeness (QED) is 0.792. The van der Waals surface area contributed by atoms with Crippen molar-refractivity contribution in [1.82, 2.24) is 10.2 Å². The molecule has 4 heteroatoms. The van der Waals surface area contributed by atoms with Gasteiger partial charge < -0.3 is 9.64 Å². The van der Waals surface area contributed by atoms with Gasteiger partial charge in [0.05, 0.1) is 5.70 Å². The minimum Gasteiger partial charge on any atom is -0.438 e. The van der Waals surface area contributed by atoms with Crippen LogP contribution in [0.1, 0.15) is 12.8 Å². The van der Waals surface area contributed by atoms with Crippen molar-refractivity contribution in [3.63, 3.8) is 0 Å². The number of amides is 1. The lowest BCUT2D eigenvalue weighted by Gasteiger charge is -2.43. The monoisotopic (exact) mass is 234 g/mol. The standard InChI is InChI=1S/C13H18N2O2/c1-4-10-11(5-2)14-12(16)17-13(10)6-8-15(3)9-7-13/h4-5H,1-2,6-9H2,3H3,(H,14,16). The summed E-state index contributed by atoms with van der Waals surface area (Å²) in [4.78, 5) is 13.8. The first-order chi connectivity index (χ1) is 8.11. The fourth-order valence-electron chi connectivity index (χ4n) is 2.49. The summed E-state index contributed by atoms with van der Waals surface area (Å²) in [5.74, 6) is 0. The fraction of sp³-hybridized carbons (Fsp3) is 0.462. The van der Waals surface area contributed by atoms with Gasteiger partial charge in [-0.15, -0.1) is 0 Å². The number of hydrogen-bond acceptors (Lipinski definition) is 3. The van der Waals surface area contributed by atoms with Crippen molar-refractivity contribution in [1.29, 1.82) is 0 Å². The van der Waals surface area contributed by atoms with Gasteiger partial charge in [0, 0.05) is 31.5 Å². The maximum Gasteiger partial charge on any atom is 0.412 e. The van der Waals surface area contributed by atoms with Crippen molar-refractivity contribution in [2.24, 2.45) is 0 Å². The van der Waals surface area contributed by atoms with E-state index in [0.717, 1.165) is 37.2 Å². The third-order valence-corrected chi connectivity index (χ3v) is 3.51. The molecule has 1 fully saturated rings. The van der Waals surface area contributed by atoms with Crippen LogP contribution in [0, 0.1) is 0 Å². The van der Waals surface area contributed by atoms with Gasteiger partial charge in [0.25, 0.3) is 0 Å². The number of piperidine rings is 1. The molecule has 1 N–H and O–H groups in total. The first kappa shape index (κ1) is 11.9. The zero-order chi connectivity index (χ0) is 12.5. The molecule has 1 spiro atoms. The molecule has 4 nitrogen and oxygen atoms in total. The number of rotatable bonds is 2. The topological polar surface area (TPSA) is 41.6 Å². The molecular weight excluding hydrogens is 216 g/mol. The minimum absolute atomic E-state index is 0.393. The number of allylic oxidation sites excluding steroid dienone is 1. The van der Waals surface area contributed by atoms with Crippen molar-refractivity contribution < 1.29 is 9.53 Å². The second-order valence-electron chi connectivity index (χ2n) is 4.55. The molecule has 0 bridgehead atoms. The van der Waals surface area contributed by atoms with E-state index in [0.29, 0.717) is 0 Å². The van der Waals surface area contributed by atoms with E-state index in [2.05, 4.69) is 30.4 Å². The Morgan fingerprint density at radius 1 is 1.35 bits per heavy atom. The van der Waals surface area contributed by atoms with Crippen molar-refractivity contribution >= 4 is 6.09 Å². The lowest BCUT2D eigenvalue weighted by atomic mass is 9.82. The molecule has 0 unspecified atom stereocenters. The summed E-state index contributed by atoms with van der Waals surface area (Å²) in [6.45, 7) is 9.37. The van der Waals surface area contributed by atoms with Gasteiger partial charge in [0.2, 0.25) is 0 Å². The van der Waals surface area contributed by atoms with Gasteiger partial charge in [-0.3, -0.25) is 5.32 Å². The Morgan fingerprint density at radius 3 is 2.53 bits per heavy atom. The van der Waals surface area contributed by atoms with Crippen LogP contribution in [0.4, 0.5) is 4.79 Å². The molecule has 0 atom stereocenters. The molecule has 17 heavy (non-hydrogen) atoms. The molecule has 2 heterocycles. The molecule has 0 aromatic heterocycles. The lowest BCUT2D eigenvalue weighted by Crippen LogP contribution is -2.52. The second-order valence-corrected chi connectivity index (χ2v) is 4.55. The van der Waals surface area contributed by atoms with Gasteiger partial charge in [-0.05, 0) is 13.1 Å². The number of carbonyl (C=O) groups is 1. The maximum absolute atomic E-state index is 11.6. The summed E-state index contributed by atoms with van der Waals surface area (Å²) in [6.07, 6.45) is 4.62. The van der Waals surface area contributed by atoms with E-state index in [1.54, 1.807) is 12.2 Å². The second kappa shape index (κ2) is 4.37. The van der Waals surface area contributed by atoms with Crippen molar-refractivity contribution in [2.75, 3.05) is 20.1 Å². The van der Waals surface area contributed by atoms with E-state index < -0.39 is 11.7 Å².